The molecule has 0 bridgehead atoms. The second kappa shape index (κ2) is 2.08. The molecule has 0 radical (unpaired) electrons. The van der Waals surface area contributed by atoms with Crippen molar-refractivity contribution >= 4 is 5.95 Å². The monoisotopic (exact) mass is 151 g/mol. The summed E-state index contributed by atoms with van der Waals surface area (Å²) in [5.74, 6) is 1.24. The molecule has 0 aliphatic heterocycles. The summed E-state index contributed by atoms with van der Waals surface area (Å²) in [7, 11) is 0. The molecular weight excluding hydrogens is 142 g/mol. The zero-order valence-corrected chi connectivity index (χ0v) is 6.08. The maximum atomic E-state index is 5.29. The van der Waals surface area contributed by atoms with Gasteiger partial charge in [0.15, 0.2) is 0 Å². The summed E-state index contributed by atoms with van der Waals surface area (Å²) in [6.07, 6.45) is 1.92. The zero-order valence-electron chi connectivity index (χ0n) is 6.08. The van der Waals surface area contributed by atoms with Crippen molar-refractivity contribution < 1.29 is 4.52 Å². The minimum atomic E-state index is 0.220. The molecule has 1 aliphatic carbocycles. The average molecular weight is 151 g/mol. The largest absolute Gasteiger partial charge is 0.365 e. The molecule has 0 atom stereocenters. The van der Waals surface area contributed by atoms with E-state index in [4.69, 9.17) is 10.3 Å². The van der Waals surface area contributed by atoms with Gasteiger partial charge < -0.3 is 10.3 Å². The Kier molecular flexibility index (Phi) is 1.21. The average Bonchev–Trinajstić information content (AvgIpc) is 2.29. The van der Waals surface area contributed by atoms with Crippen LogP contribution >= 0.6 is 0 Å². The van der Waals surface area contributed by atoms with Crippen molar-refractivity contribution in [3.05, 3.63) is 18.0 Å². The Morgan fingerprint density at radius 2 is 2.27 bits per heavy atom. The number of nitrogens with two attached hydrogens (primary N) is 1. The van der Waals surface area contributed by atoms with E-state index in [2.05, 4.69) is 16.7 Å². The number of aromatic nitrogens is 2. The van der Waals surface area contributed by atoms with Crippen LogP contribution in [0.2, 0.25) is 0 Å². The molecule has 0 unspecified atom stereocenters. The Morgan fingerprint density at radius 1 is 1.55 bits per heavy atom. The van der Waals surface area contributed by atoms with E-state index in [-0.39, 0.29) is 5.95 Å². The predicted molar refractivity (Wildman–Crippen MR) is 39.8 cm³/mol. The maximum Gasteiger partial charge on any atom is 0.260 e. The summed E-state index contributed by atoms with van der Waals surface area (Å²) >= 11 is 0. The third-order valence-electron chi connectivity index (χ3n) is 1.88. The molecule has 1 heterocycles. The van der Waals surface area contributed by atoms with Gasteiger partial charge in [0.1, 0.15) is 0 Å². The molecule has 0 spiro atoms. The summed E-state index contributed by atoms with van der Waals surface area (Å²) in [6.45, 7) is 3.82. The minimum absolute atomic E-state index is 0.220. The first-order chi connectivity index (χ1) is 5.25. The maximum absolute atomic E-state index is 5.29. The van der Waals surface area contributed by atoms with Gasteiger partial charge in [-0.15, -0.1) is 0 Å². The highest BCUT2D eigenvalue weighted by molar-refractivity contribution is 5.20. The summed E-state index contributed by atoms with van der Waals surface area (Å²) in [4.78, 5) is 3.93. The van der Waals surface area contributed by atoms with Gasteiger partial charge in [-0.25, -0.2) is 0 Å². The zero-order chi connectivity index (χ0) is 7.84. The van der Waals surface area contributed by atoms with Gasteiger partial charge in [-0.2, -0.15) is 4.98 Å². The van der Waals surface area contributed by atoms with Gasteiger partial charge in [-0.05, 0) is 18.0 Å². The molecule has 1 aliphatic rings. The summed E-state index contributed by atoms with van der Waals surface area (Å²) in [5, 5.41) is 3.51. The van der Waals surface area contributed by atoms with Crippen LogP contribution in [0.5, 0.6) is 0 Å². The van der Waals surface area contributed by atoms with E-state index in [0.29, 0.717) is 11.8 Å². The van der Waals surface area contributed by atoms with Crippen molar-refractivity contribution in [1.82, 2.24) is 10.1 Å². The SMILES string of the molecule is C=C1CC(c2nc(N)no2)C1. The number of hydrogen-bond acceptors (Lipinski definition) is 4. The predicted octanol–water partition coefficient (Wildman–Crippen LogP) is 1.09. The van der Waals surface area contributed by atoms with Crippen LogP contribution in [-0.4, -0.2) is 10.1 Å². The van der Waals surface area contributed by atoms with Gasteiger partial charge in [0.05, 0.1) is 0 Å². The molecule has 2 N–H and O–H groups in total. The van der Waals surface area contributed by atoms with Crippen LogP contribution in [0.4, 0.5) is 5.95 Å². The Labute approximate surface area is 64.1 Å². The van der Waals surface area contributed by atoms with Gasteiger partial charge in [-0.1, -0.05) is 12.2 Å². The van der Waals surface area contributed by atoms with E-state index in [1.165, 1.54) is 5.57 Å². The van der Waals surface area contributed by atoms with Gasteiger partial charge in [-0.3, -0.25) is 0 Å². The number of nitrogens with zero attached hydrogens (tertiary/aromatic N) is 2. The molecule has 0 aromatic carbocycles. The quantitative estimate of drug-likeness (QED) is 0.610. The number of allylic oxidation sites excluding steroid dienone is 1. The molecule has 58 valence electrons. The molecule has 1 aromatic heterocycles. The lowest BCUT2D eigenvalue weighted by atomic mass is 9.81. The Balaban J connectivity index is 2.12. The lowest BCUT2D eigenvalue weighted by Gasteiger charge is -2.24. The van der Waals surface area contributed by atoms with Crippen LogP contribution in [0.15, 0.2) is 16.7 Å². The van der Waals surface area contributed by atoms with Crippen molar-refractivity contribution in [3.63, 3.8) is 0 Å². The van der Waals surface area contributed by atoms with Crippen molar-refractivity contribution in [2.45, 2.75) is 18.8 Å². The standard InChI is InChI=1S/C7H9N3O/c1-4-2-5(3-4)6-9-7(8)10-11-6/h5H,1-3H2,(H2,8,10). The van der Waals surface area contributed by atoms with E-state index in [1.54, 1.807) is 0 Å². The number of anilines is 1. The van der Waals surface area contributed by atoms with Gasteiger partial charge in [0.25, 0.3) is 5.95 Å². The van der Waals surface area contributed by atoms with Crippen molar-refractivity contribution in [3.8, 4) is 0 Å². The fraction of sp³-hybridized carbons (Fsp3) is 0.429. The smallest absolute Gasteiger partial charge is 0.260 e. The molecule has 4 nitrogen and oxygen atoms in total. The van der Waals surface area contributed by atoms with Gasteiger partial charge in [0.2, 0.25) is 5.89 Å². The highest BCUT2D eigenvalue weighted by Crippen LogP contribution is 2.39. The van der Waals surface area contributed by atoms with Crippen molar-refractivity contribution in [1.29, 1.82) is 0 Å². The second-order valence-corrected chi connectivity index (χ2v) is 2.85. The minimum Gasteiger partial charge on any atom is -0.365 e. The lowest BCUT2D eigenvalue weighted by molar-refractivity contribution is 0.330. The summed E-state index contributed by atoms with van der Waals surface area (Å²) < 4.78 is 4.89. The molecule has 2 rings (SSSR count). The Bertz CT molecular complexity index is 284. The van der Waals surface area contributed by atoms with Crippen LogP contribution in [0.1, 0.15) is 24.7 Å². The molecule has 11 heavy (non-hydrogen) atoms. The summed E-state index contributed by atoms with van der Waals surface area (Å²) in [6, 6.07) is 0. The van der Waals surface area contributed by atoms with E-state index in [9.17, 15) is 0 Å². The molecule has 0 amide bonds. The van der Waals surface area contributed by atoms with E-state index in [0.717, 1.165) is 12.8 Å². The third-order valence-corrected chi connectivity index (χ3v) is 1.88. The first-order valence-corrected chi connectivity index (χ1v) is 3.51. The van der Waals surface area contributed by atoms with Crippen molar-refractivity contribution in [2.75, 3.05) is 5.73 Å². The second-order valence-electron chi connectivity index (χ2n) is 2.85. The van der Waals surface area contributed by atoms with Crippen LogP contribution in [0.3, 0.4) is 0 Å². The fourth-order valence-electron chi connectivity index (χ4n) is 1.22. The number of rotatable bonds is 1. The van der Waals surface area contributed by atoms with Crippen LogP contribution in [0, 0.1) is 0 Å². The third kappa shape index (κ3) is 1.00. The lowest BCUT2D eigenvalue weighted by Crippen LogP contribution is -2.11. The normalized spacial score (nSPS) is 18.4. The van der Waals surface area contributed by atoms with E-state index < -0.39 is 0 Å². The molecule has 1 aromatic rings. The molecule has 1 fully saturated rings. The van der Waals surface area contributed by atoms with E-state index in [1.807, 2.05) is 0 Å². The van der Waals surface area contributed by atoms with Crippen LogP contribution in [-0.2, 0) is 0 Å². The molecule has 4 heteroatoms. The fourth-order valence-corrected chi connectivity index (χ4v) is 1.22. The topological polar surface area (TPSA) is 64.9 Å². The first-order valence-electron chi connectivity index (χ1n) is 3.51. The first kappa shape index (κ1) is 6.39. The molecule has 1 saturated carbocycles. The van der Waals surface area contributed by atoms with E-state index >= 15 is 0 Å². The van der Waals surface area contributed by atoms with Gasteiger partial charge >= 0.3 is 0 Å². The molecular formula is C7H9N3O. The van der Waals surface area contributed by atoms with Gasteiger partial charge in [0, 0.05) is 5.92 Å². The summed E-state index contributed by atoms with van der Waals surface area (Å²) in [5.41, 5.74) is 6.53. The number of hydrogen-bond donors (Lipinski definition) is 1. The van der Waals surface area contributed by atoms with Crippen molar-refractivity contribution in [2.24, 2.45) is 0 Å². The van der Waals surface area contributed by atoms with Crippen LogP contribution in [0.25, 0.3) is 0 Å². The Morgan fingerprint density at radius 3 is 2.73 bits per heavy atom. The highest BCUT2D eigenvalue weighted by Gasteiger charge is 2.27. The highest BCUT2D eigenvalue weighted by atomic mass is 16.5. The van der Waals surface area contributed by atoms with Crippen LogP contribution < -0.4 is 5.73 Å². The number of nitrogen functional groups attached to an aromatic ring is 1. The molecule has 0 saturated heterocycles. The Hall–Kier alpha value is -1.32.